The van der Waals surface area contributed by atoms with Gasteiger partial charge >= 0.3 is 6.01 Å². The molecule has 17 heavy (non-hydrogen) atoms. The lowest BCUT2D eigenvalue weighted by molar-refractivity contribution is 0.441. The summed E-state index contributed by atoms with van der Waals surface area (Å²) in [6.07, 6.45) is 3.24. The standard InChI is InChI=1S/C11H9BrClN3O/c12-8-1-2-9(13)10(3-8)17-11-15-5-7(4-14)6-16-11/h1-3,5-6H,4,14H2. The molecule has 0 unspecified atom stereocenters. The van der Waals surface area contributed by atoms with Crippen molar-refractivity contribution in [2.45, 2.75) is 6.54 Å². The highest BCUT2D eigenvalue weighted by atomic mass is 79.9. The predicted molar refractivity (Wildman–Crippen MR) is 69.1 cm³/mol. The summed E-state index contributed by atoms with van der Waals surface area (Å²) in [6.45, 7) is 0.401. The Bertz CT molecular complexity index is 519. The lowest BCUT2D eigenvalue weighted by Gasteiger charge is -2.06. The van der Waals surface area contributed by atoms with Crippen LogP contribution in [0.2, 0.25) is 5.02 Å². The third-order valence-corrected chi connectivity index (χ3v) is 2.82. The topological polar surface area (TPSA) is 61.0 Å². The van der Waals surface area contributed by atoms with Crippen LogP contribution in [0.5, 0.6) is 11.8 Å². The normalized spacial score (nSPS) is 10.3. The second-order valence-electron chi connectivity index (χ2n) is 3.25. The van der Waals surface area contributed by atoms with Crippen LogP contribution in [-0.2, 0) is 6.54 Å². The first kappa shape index (κ1) is 12.3. The Kier molecular flexibility index (Phi) is 3.93. The van der Waals surface area contributed by atoms with E-state index in [-0.39, 0.29) is 6.01 Å². The number of halogens is 2. The van der Waals surface area contributed by atoms with E-state index in [9.17, 15) is 0 Å². The molecule has 0 spiro atoms. The van der Waals surface area contributed by atoms with Crippen LogP contribution in [0.4, 0.5) is 0 Å². The molecule has 6 heteroatoms. The fourth-order valence-electron chi connectivity index (χ4n) is 1.15. The molecule has 0 aliphatic rings. The van der Waals surface area contributed by atoms with Gasteiger partial charge < -0.3 is 10.5 Å². The van der Waals surface area contributed by atoms with E-state index in [0.29, 0.717) is 17.3 Å². The van der Waals surface area contributed by atoms with Crippen molar-refractivity contribution in [1.29, 1.82) is 0 Å². The van der Waals surface area contributed by atoms with E-state index < -0.39 is 0 Å². The van der Waals surface area contributed by atoms with Crippen molar-refractivity contribution in [3.63, 3.8) is 0 Å². The van der Waals surface area contributed by atoms with Crippen LogP contribution in [0.1, 0.15) is 5.56 Å². The monoisotopic (exact) mass is 313 g/mol. The molecule has 0 saturated carbocycles. The molecule has 2 aromatic rings. The van der Waals surface area contributed by atoms with Crippen molar-refractivity contribution in [2.24, 2.45) is 5.73 Å². The van der Waals surface area contributed by atoms with Gasteiger partial charge in [0.2, 0.25) is 0 Å². The fraction of sp³-hybridized carbons (Fsp3) is 0.0909. The van der Waals surface area contributed by atoms with Crippen LogP contribution in [0.15, 0.2) is 35.1 Å². The maximum atomic E-state index is 5.98. The van der Waals surface area contributed by atoms with E-state index >= 15 is 0 Å². The maximum Gasteiger partial charge on any atom is 0.321 e. The molecule has 2 rings (SSSR count). The van der Waals surface area contributed by atoms with Crippen LogP contribution < -0.4 is 10.5 Å². The van der Waals surface area contributed by atoms with Crippen LogP contribution >= 0.6 is 27.5 Å². The lowest BCUT2D eigenvalue weighted by atomic mass is 10.3. The second-order valence-corrected chi connectivity index (χ2v) is 4.58. The number of aromatic nitrogens is 2. The van der Waals surface area contributed by atoms with E-state index in [1.807, 2.05) is 6.07 Å². The third-order valence-electron chi connectivity index (χ3n) is 2.01. The zero-order valence-corrected chi connectivity index (χ0v) is 11.1. The van der Waals surface area contributed by atoms with E-state index in [1.165, 1.54) is 0 Å². The molecule has 0 saturated heterocycles. The minimum absolute atomic E-state index is 0.238. The van der Waals surface area contributed by atoms with Gasteiger partial charge in [-0.15, -0.1) is 0 Å². The Morgan fingerprint density at radius 1 is 1.29 bits per heavy atom. The highest BCUT2D eigenvalue weighted by Gasteiger charge is 2.05. The van der Waals surface area contributed by atoms with Gasteiger partial charge in [0.15, 0.2) is 5.75 Å². The summed E-state index contributed by atoms with van der Waals surface area (Å²) in [5, 5.41) is 0.500. The molecule has 88 valence electrons. The van der Waals surface area contributed by atoms with Gasteiger partial charge in [0.1, 0.15) is 0 Å². The zero-order chi connectivity index (χ0) is 12.3. The van der Waals surface area contributed by atoms with Gasteiger partial charge in [-0.3, -0.25) is 0 Å². The number of nitrogens with zero attached hydrogens (tertiary/aromatic N) is 2. The molecule has 0 aliphatic carbocycles. The van der Waals surface area contributed by atoms with Gasteiger partial charge in [-0.25, -0.2) is 9.97 Å². The van der Waals surface area contributed by atoms with Crippen molar-refractivity contribution in [3.05, 3.63) is 45.7 Å². The van der Waals surface area contributed by atoms with Crippen LogP contribution in [0, 0.1) is 0 Å². The first-order valence-corrected chi connectivity index (χ1v) is 6.00. The quantitative estimate of drug-likeness (QED) is 0.945. The minimum Gasteiger partial charge on any atom is -0.423 e. The largest absolute Gasteiger partial charge is 0.423 e. The summed E-state index contributed by atoms with van der Waals surface area (Å²) in [6, 6.07) is 5.55. The Morgan fingerprint density at radius 3 is 2.65 bits per heavy atom. The van der Waals surface area contributed by atoms with Crippen molar-refractivity contribution in [1.82, 2.24) is 9.97 Å². The fourth-order valence-corrected chi connectivity index (χ4v) is 1.65. The maximum absolute atomic E-state index is 5.98. The van der Waals surface area contributed by atoms with Gasteiger partial charge in [0.05, 0.1) is 5.02 Å². The van der Waals surface area contributed by atoms with Gasteiger partial charge in [0.25, 0.3) is 0 Å². The van der Waals surface area contributed by atoms with Gasteiger partial charge in [-0.05, 0) is 18.2 Å². The summed E-state index contributed by atoms with van der Waals surface area (Å²) < 4.78 is 6.34. The molecule has 0 aliphatic heterocycles. The Hall–Kier alpha value is -1.17. The molecule has 0 atom stereocenters. The number of benzene rings is 1. The summed E-state index contributed by atoms with van der Waals surface area (Å²) in [5.74, 6) is 0.501. The van der Waals surface area contributed by atoms with Gasteiger partial charge in [-0.1, -0.05) is 27.5 Å². The molecular formula is C11H9BrClN3O. The zero-order valence-electron chi connectivity index (χ0n) is 8.73. The molecule has 0 amide bonds. The Morgan fingerprint density at radius 2 is 2.00 bits per heavy atom. The second kappa shape index (κ2) is 5.44. The van der Waals surface area contributed by atoms with E-state index in [1.54, 1.807) is 24.5 Å². The molecule has 0 radical (unpaired) electrons. The molecule has 1 heterocycles. The summed E-state index contributed by atoms with van der Waals surface area (Å²) in [7, 11) is 0. The SMILES string of the molecule is NCc1cnc(Oc2cc(Br)ccc2Cl)nc1. The molecule has 4 nitrogen and oxygen atoms in total. The van der Waals surface area contributed by atoms with Crippen LogP contribution in [0.25, 0.3) is 0 Å². The van der Waals surface area contributed by atoms with Crippen LogP contribution in [-0.4, -0.2) is 9.97 Å². The number of rotatable bonds is 3. The summed E-state index contributed by atoms with van der Waals surface area (Å²) >= 11 is 9.32. The minimum atomic E-state index is 0.238. The lowest BCUT2D eigenvalue weighted by Crippen LogP contribution is -1.99. The van der Waals surface area contributed by atoms with E-state index in [4.69, 9.17) is 22.1 Å². The van der Waals surface area contributed by atoms with Crippen molar-refractivity contribution in [2.75, 3.05) is 0 Å². The van der Waals surface area contributed by atoms with Gasteiger partial charge in [-0.2, -0.15) is 0 Å². The molecule has 0 bridgehead atoms. The number of nitrogens with two attached hydrogens (primary N) is 1. The Labute approximate surface area is 112 Å². The molecule has 2 N–H and O–H groups in total. The van der Waals surface area contributed by atoms with E-state index in [0.717, 1.165) is 10.0 Å². The predicted octanol–water partition coefficient (Wildman–Crippen LogP) is 3.14. The molecular weight excluding hydrogens is 305 g/mol. The summed E-state index contributed by atoms with van der Waals surface area (Å²) in [4.78, 5) is 8.06. The smallest absolute Gasteiger partial charge is 0.321 e. The first-order valence-electron chi connectivity index (χ1n) is 4.83. The highest BCUT2D eigenvalue weighted by Crippen LogP contribution is 2.30. The number of hydrogen-bond acceptors (Lipinski definition) is 4. The van der Waals surface area contributed by atoms with Gasteiger partial charge in [0, 0.05) is 29.0 Å². The average Bonchev–Trinajstić information content (AvgIpc) is 2.35. The van der Waals surface area contributed by atoms with Crippen molar-refractivity contribution in [3.8, 4) is 11.8 Å². The molecule has 0 fully saturated rings. The van der Waals surface area contributed by atoms with Crippen molar-refractivity contribution < 1.29 is 4.74 Å². The molecule has 1 aromatic carbocycles. The molecule has 1 aromatic heterocycles. The average molecular weight is 315 g/mol. The number of ether oxygens (including phenoxy) is 1. The van der Waals surface area contributed by atoms with Crippen molar-refractivity contribution >= 4 is 27.5 Å². The summed E-state index contributed by atoms with van der Waals surface area (Å²) in [5.41, 5.74) is 6.29. The number of hydrogen-bond donors (Lipinski definition) is 1. The first-order chi connectivity index (χ1) is 8.19. The van der Waals surface area contributed by atoms with Crippen LogP contribution in [0.3, 0.4) is 0 Å². The van der Waals surface area contributed by atoms with E-state index in [2.05, 4.69) is 25.9 Å². The Balaban J connectivity index is 2.22. The highest BCUT2D eigenvalue weighted by molar-refractivity contribution is 9.10. The third kappa shape index (κ3) is 3.15.